The molecule has 1 amide bonds. The van der Waals surface area contributed by atoms with E-state index in [1.54, 1.807) is 41.6 Å². The molecule has 1 saturated heterocycles. The molecule has 11 heteroatoms. The molecule has 1 aliphatic rings. The summed E-state index contributed by atoms with van der Waals surface area (Å²) < 4.78 is 13.1. The first-order valence-corrected chi connectivity index (χ1v) is 11.3. The molecule has 182 valence electrons. The van der Waals surface area contributed by atoms with Crippen molar-refractivity contribution in [1.29, 1.82) is 0 Å². The van der Waals surface area contributed by atoms with Gasteiger partial charge in [-0.05, 0) is 45.0 Å². The van der Waals surface area contributed by atoms with Gasteiger partial charge in [0.15, 0.2) is 5.76 Å². The van der Waals surface area contributed by atoms with E-state index in [2.05, 4.69) is 20.5 Å². The fourth-order valence-corrected chi connectivity index (χ4v) is 3.77. The summed E-state index contributed by atoms with van der Waals surface area (Å²) in [7, 11) is 0. The van der Waals surface area contributed by atoms with Crippen LogP contribution < -0.4 is 5.32 Å². The number of nitrogens with one attached hydrogen (secondary N) is 2. The van der Waals surface area contributed by atoms with Gasteiger partial charge in [-0.25, -0.2) is 0 Å². The van der Waals surface area contributed by atoms with Gasteiger partial charge < -0.3 is 19.6 Å². The number of anilines is 1. The van der Waals surface area contributed by atoms with E-state index >= 15 is 0 Å². The summed E-state index contributed by atoms with van der Waals surface area (Å²) in [4.78, 5) is 19.2. The number of likely N-dealkylation sites (tertiary alicyclic amines) is 1. The molecule has 0 saturated carbocycles. The van der Waals surface area contributed by atoms with Crippen molar-refractivity contribution in [3.05, 3.63) is 60.9 Å². The number of pyridine rings is 1. The lowest BCUT2D eigenvalue weighted by molar-refractivity contribution is -0.259. The molecule has 5 heterocycles. The number of aliphatic hydroxyl groups is 1. The highest BCUT2D eigenvalue weighted by atomic mass is 16.6. The van der Waals surface area contributed by atoms with E-state index in [4.69, 9.17) is 14.3 Å². The summed E-state index contributed by atoms with van der Waals surface area (Å²) in [6, 6.07) is 8.86. The zero-order chi connectivity index (χ0) is 24.6. The Morgan fingerprint density at radius 2 is 2.11 bits per heavy atom. The standard InChI is InChI=1S/C24H27N7O4/c1-24(2,3)35-23(33)30-12-16(13-30)31-14-18(21(29-31)17-6-4-5-9-25-17)28-22(32)20-8-7-19(34-20)15-10-26-27-11-15/h4-11,14,16,23,33H,12-13H2,1-3H3,(H,26,27)(H,28,32). The third-order valence-corrected chi connectivity index (χ3v) is 5.54. The van der Waals surface area contributed by atoms with Crippen LogP contribution in [0.4, 0.5) is 5.69 Å². The zero-order valence-electron chi connectivity index (χ0n) is 19.7. The minimum Gasteiger partial charge on any atom is -0.451 e. The van der Waals surface area contributed by atoms with Crippen LogP contribution in [0.3, 0.4) is 0 Å². The van der Waals surface area contributed by atoms with E-state index in [1.165, 1.54) is 0 Å². The van der Waals surface area contributed by atoms with Gasteiger partial charge in [0.2, 0.25) is 6.41 Å². The fourth-order valence-electron chi connectivity index (χ4n) is 3.77. The number of nitrogens with zero attached hydrogens (tertiary/aromatic N) is 5. The van der Waals surface area contributed by atoms with Crippen LogP contribution >= 0.6 is 0 Å². The summed E-state index contributed by atoms with van der Waals surface area (Å²) >= 11 is 0. The summed E-state index contributed by atoms with van der Waals surface area (Å²) in [5.74, 6) is 0.300. The van der Waals surface area contributed by atoms with Crippen molar-refractivity contribution in [1.82, 2.24) is 29.9 Å². The van der Waals surface area contributed by atoms with Crippen molar-refractivity contribution >= 4 is 11.6 Å². The number of rotatable bonds is 7. The van der Waals surface area contributed by atoms with Crippen molar-refractivity contribution < 1.29 is 19.1 Å². The van der Waals surface area contributed by atoms with Crippen molar-refractivity contribution in [3.63, 3.8) is 0 Å². The molecule has 0 aliphatic carbocycles. The largest absolute Gasteiger partial charge is 0.451 e. The van der Waals surface area contributed by atoms with Crippen LogP contribution in [0, 0.1) is 0 Å². The van der Waals surface area contributed by atoms with Gasteiger partial charge in [0, 0.05) is 31.7 Å². The van der Waals surface area contributed by atoms with E-state index in [0.29, 0.717) is 35.9 Å². The SMILES string of the molecule is CC(C)(C)OC(O)N1CC(n2cc(NC(=O)c3ccc(-c4cn[nH]c4)o3)c(-c3ccccn3)n2)C1. The predicted octanol–water partition coefficient (Wildman–Crippen LogP) is 3.13. The molecule has 0 aromatic carbocycles. The maximum atomic E-state index is 13.0. The van der Waals surface area contributed by atoms with Gasteiger partial charge in [-0.3, -0.25) is 24.5 Å². The molecule has 1 aliphatic heterocycles. The molecule has 1 atom stereocenters. The summed E-state index contributed by atoms with van der Waals surface area (Å²) in [5.41, 5.74) is 1.99. The summed E-state index contributed by atoms with van der Waals surface area (Å²) in [5, 5.41) is 24.6. The van der Waals surface area contributed by atoms with Gasteiger partial charge >= 0.3 is 0 Å². The Balaban J connectivity index is 1.34. The number of ether oxygens (including phenoxy) is 1. The number of hydrogen-bond donors (Lipinski definition) is 3. The Hall–Kier alpha value is -3.80. The highest BCUT2D eigenvalue weighted by Gasteiger charge is 2.36. The second-order valence-electron chi connectivity index (χ2n) is 9.36. The first-order chi connectivity index (χ1) is 16.8. The number of aliphatic hydroxyl groups excluding tert-OH is 1. The highest BCUT2D eigenvalue weighted by molar-refractivity contribution is 6.04. The van der Waals surface area contributed by atoms with Gasteiger partial charge in [0.1, 0.15) is 11.5 Å². The molecule has 4 aromatic rings. The molecule has 0 spiro atoms. The van der Waals surface area contributed by atoms with Crippen molar-refractivity contribution in [3.8, 4) is 22.7 Å². The average molecular weight is 478 g/mol. The first-order valence-electron chi connectivity index (χ1n) is 11.3. The quantitative estimate of drug-likeness (QED) is 0.346. The normalized spacial score (nSPS) is 15.7. The Morgan fingerprint density at radius 1 is 1.29 bits per heavy atom. The lowest BCUT2D eigenvalue weighted by atomic mass is 10.1. The zero-order valence-corrected chi connectivity index (χ0v) is 19.7. The topological polar surface area (TPSA) is 134 Å². The Kier molecular flexibility index (Phi) is 5.97. The number of hydrogen-bond acceptors (Lipinski definition) is 8. The number of carbonyl (C=O) groups excluding carboxylic acids is 1. The molecule has 0 radical (unpaired) electrons. The minimum atomic E-state index is -0.986. The third kappa shape index (κ3) is 5.02. The van der Waals surface area contributed by atoms with Crippen LogP contribution in [-0.2, 0) is 4.74 Å². The van der Waals surface area contributed by atoms with E-state index in [0.717, 1.165) is 5.56 Å². The number of aromatic amines is 1. The van der Waals surface area contributed by atoms with Crippen molar-refractivity contribution in [2.75, 3.05) is 18.4 Å². The lowest BCUT2D eigenvalue weighted by Gasteiger charge is -2.43. The molecule has 5 rings (SSSR count). The number of furan rings is 1. The third-order valence-electron chi connectivity index (χ3n) is 5.54. The van der Waals surface area contributed by atoms with Gasteiger partial charge in [-0.2, -0.15) is 10.2 Å². The number of H-pyrrole nitrogens is 1. The monoisotopic (exact) mass is 477 g/mol. The molecular formula is C24H27N7O4. The van der Waals surface area contributed by atoms with Crippen molar-refractivity contribution in [2.45, 2.75) is 38.8 Å². The van der Waals surface area contributed by atoms with Gasteiger partial charge in [0.05, 0.1) is 34.8 Å². The van der Waals surface area contributed by atoms with Gasteiger partial charge in [-0.15, -0.1) is 0 Å². The lowest BCUT2D eigenvalue weighted by Crippen LogP contribution is -2.55. The van der Waals surface area contributed by atoms with Crippen LogP contribution in [0.25, 0.3) is 22.7 Å². The second-order valence-corrected chi connectivity index (χ2v) is 9.36. The van der Waals surface area contributed by atoms with Crippen molar-refractivity contribution in [2.24, 2.45) is 0 Å². The molecule has 0 bridgehead atoms. The number of carbonyl (C=O) groups is 1. The van der Waals surface area contributed by atoms with Crippen LogP contribution in [0.15, 0.2) is 59.5 Å². The minimum absolute atomic E-state index is 0.0117. The van der Waals surface area contributed by atoms with E-state index in [-0.39, 0.29) is 11.8 Å². The van der Waals surface area contributed by atoms with Crippen LogP contribution in [0.5, 0.6) is 0 Å². The van der Waals surface area contributed by atoms with Gasteiger partial charge in [-0.1, -0.05) is 6.07 Å². The maximum Gasteiger partial charge on any atom is 0.291 e. The number of amides is 1. The second kappa shape index (κ2) is 9.10. The highest BCUT2D eigenvalue weighted by Crippen LogP contribution is 2.31. The average Bonchev–Trinajstić information content (AvgIpc) is 3.53. The fraction of sp³-hybridized carbons (Fsp3) is 0.333. The van der Waals surface area contributed by atoms with Crippen LogP contribution in [-0.4, -0.2) is 66.0 Å². The first kappa shape index (κ1) is 23.0. The predicted molar refractivity (Wildman–Crippen MR) is 127 cm³/mol. The maximum absolute atomic E-state index is 13.0. The molecule has 4 aromatic heterocycles. The molecule has 35 heavy (non-hydrogen) atoms. The van der Waals surface area contributed by atoms with Crippen LogP contribution in [0.1, 0.15) is 37.4 Å². The molecular weight excluding hydrogens is 450 g/mol. The molecule has 1 unspecified atom stereocenters. The van der Waals surface area contributed by atoms with E-state index < -0.39 is 17.9 Å². The Morgan fingerprint density at radius 3 is 2.80 bits per heavy atom. The summed E-state index contributed by atoms with van der Waals surface area (Å²) in [6.45, 7) is 6.80. The van der Waals surface area contributed by atoms with Crippen LogP contribution in [0.2, 0.25) is 0 Å². The van der Waals surface area contributed by atoms with Gasteiger partial charge in [0.25, 0.3) is 5.91 Å². The summed E-state index contributed by atoms with van der Waals surface area (Å²) in [6.07, 6.45) is 5.78. The Labute approximate surface area is 201 Å². The molecule has 3 N–H and O–H groups in total. The number of aromatic nitrogens is 5. The van der Waals surface area contributed by atoms with E-state index in [1.807, 2.05) is 43.9 Å². The molecule has 11 nitrogen and oxygen atoms in total. The van der Waals surface area contributed by atoms with E-state index in [9.17, 15) is 9.90 Å². The Bertz CT molecular complexity index is 1290. The molecule has 1 fully saturated rings. The smallest absolute Gasteiger partial charge is 0.291 e.